The number of nitrogens with zero attached hydrogens (tertiary/aromatic N) is 1. The Bertz CT molecular complexity index is 1410. The quantitative estimate of drug-likeness (QED) is 0.446. The highest BCUT2D eigenvalue weighted by Crippen LogP contribution is 2.35. The SMILES string of the molecule is Cc1ccc(-c2ccc(CN(CC(=O)O)S(=O)(=O)c3ccc4c(c3)CCC(C)(C)O4)c(C)c2C)cc1. The number of hydrogen-bond donors (Lipinski definition) is 1. The number of aryl methyl sites for hydroxylation is 2. The summed E-state index contributed by atoms with van der Waals surface area (Å²) >= 11 is 0. The van der Waals surface area contributed by atoms with Gasteiger partial charge in [0.15, 0.2) is 0 Å². The highest BCUT2D eigenvalue weighted by molar-refractivity contribution is 7.89. The monoisotopic (exact) mass is 507 g/mol. The molecule has 0 bridgehead atoms. The van der Waals surface area contributed by atoms with Crippen LogP contribution in [-0.2, 0) is 27.8 Å². The number of ether oxygens (including phenoxy) is 1. The van der Waals surface area contributed by atoms with Crippen molar-refractivity contribution in [3.05, 3.63) is 82.4 Å². The minimum Gasteiger partial charge on any atom is -0.488 e. The van der Waals surface area contributed by atoms with Crippen molar-refractivity contribution >= 4 is 16.0 Å². The molecule has 0 aromatic heterocycles. The van der Waals surface area contributed by atoms with E-state index in [1.807, 2.05) is 46.8 Å². The zero-order chi connectivity index (χ0) is 26.3. The number of fused-ring (bicyclic) bond motifs is 1. The summed E-state index contributed by atoms with van der Waals surface area (Å²) in [7, 11) is -4.06. The number of carboxylic acids is 1. The van der Waals surface area contributed by atoms with E-state index in [-0.39, 0.29) is 17.0 Å². The van der Waals surface area contributed by atoms with Crippen molar-refractivity contribution in [3.63, 3.8) is 0 Å². The molecule has 0 saturated heterocycles. The van der Waals surface area contributed by atoms with Crippen LogP contribution >= 0.6 is 0 Å². The normalized spacial score (nSPS) is 14.8. The largest absolute Gasteiger partial charge is 0.488 e. The Labute approximate surface area is 213 Å². The van der Waals surface area contributed by atoms with Crippen molar-refractivity contribution in [1.29, 1.82) is 0 Å². The first-order valence-electron chi connectivity index (χ1n) is 12.1. The van der Waals surface area contributed by atoms with E-state index in [2.05, 4.69) is 24.3 Å². The first-order valence-corrected chi connectivity index (χ1v) is 13.5. The third kappa shape index (κ3) is 5.32. The van der Waals surface area contributed by atoms with Gasteiger partial charge in [0.25, 0.3) is 0 Å². The summed E-state index contributed by atoms with van der Waals surface area (Å²) < 4.78 is 34.3. The molecule has 0 unspecified atom stereocenters. The molecule has 1 N–H and O–H groups in total. The van der Waals surface area contributed by atoms with E-state index < -0.39 is 22.5 Å². The predicted molar refractivity (Wildman–Crippen MR) is 141 cm³/mol. The number of sulfonamides is 1. The highest BCUT2D eigenvalue weighted by atomic mass is 32.2. The number of aliphatic carboxylic acids is 1. The van der Waals surface area contributed by atoms with Gasteiger partial charge < -0.3 is 9.84 Å². The van der Waals surface area contributed by atoms with Crippen molar-refractivity contribution in [2.75, 3.05) is 6.54 Å². The van der Waals surface area contributed by atoms with Gasteiger partial charge in [0.05, 0.1) is 4.90 Å². The van der Waals surface area contributed by atoms with E-state index in [1.165, 1.54) is 11.6 Å². The topological polar surface area (TPSA) is 83.9 Å². The molecular formula is C29H33NO5S. The molecule has 0 aliphatic carbocycles. The summed E-state index contributed by atoms with van der Waals surface area (Å²) in [6.07, 6.45) is 1.47. The van der Waals surface area contributed by atoms with Gasteiger partial charge in [0.2, 0.25) is 10.0 Å². The predicted octanol–water partition coefficient (Wildman–Crippen LogP) is 5.66. The molecule has 0 fully saturated rings. The fourth-order valence-corrected chi connectivity index (χ4v) is 6.02. The van der Waals surface area contributed by atoms with Crippen molar-refractivity contribution in [1.82, 2.24) is 4.31 Å². The Morgan fingerprint density at radius 3 is 2.36 bits per heavy atom. The maximum Gasteiger partial charge on any atom is 0.318 e. The smallest absolute Gasteiger partial charge is 0.318 e. The van der Waals surface area contributed by atoms with Crippen LogP contribution in [0.5, 0.6) is 5.75 Å². The van der Waals surface area contributed by atoms with E-state index in [1.54, 1.807) is 12.1 Å². The highest BCUT2D eigenvalue weighted by Gasteiger charge is 2.31. The summed E-state index contributed by atoms with van der Waals surface area (Å²) in [6, 6.07) is 16.9. The second kappa shape index (κ2) is 9.71. The van der Waals surface area contributed by atoms with Crippen LogP contribution in [0.1, 0.15) is 48.1 Å². The van der Waals surface area contributed by atoms with Gasteiger partial charge >= 0.3 is 5.97 Å². The summed E-state index contributed by atoms with van der Waals surface area (Å²) in [4.78, 5) is 11.8. The molecule has 0 radical (unpaired) electrons. The Balaban J connectivity index is 1.67. The van der Waals surface area contributed by atoms with Crippen LogP contribution in [0.2, 0.25) is 0 Å². The first-order chi connectivity index (χ1) is 16.9. The van der Waals surface area contributed by atoms with Gasteiger partial charge in [-0.3, -0.25) is 4.79 Å². The summed E-state index contributed by atoms with van der Waals surface area (Å²) in [5, 5.41) is 9.53. The van der Waals surface area contributed by atoms with Gasteiger partial charge in [-0.05, 0) is 99.0 Å². The first kappa shape index (κ1) is 25.9. The minimum absolute atomic E-state index is 0.0316. The lowest BCUT2D eigenvalue weighted by molar-refractivity contribution is -0.137. The maximum absolute atomic E-state index is 13.6. The van der Waals surface area contributed by atoms with Crippen LogP contribution in [0.15, 0.2) is 59.5 Å². The van der Waals surface area contributed by atoms with Crippen molar-refractivity contribution in [2.45, 2.75) is 64.5 Å². The lowest BCUT2D eigenvalue weighted by Gasteiger charge is -2.33. The van der Waals surface area contributed by atoms with Crippen LogP contribution in [-0.4, -0.2) is 35.9 Å². The van der Waals surface area contributed by atoms with Crippen LogP contribution in [0.25, 0.3) is 11.1 Å². The molecule has 190 valence electrons. The van der Waals surface area contributed by atoms with E-state index in [0.717, 1.165) is 44.1 Å². The molecule has 1 aliphatic heterocycles. The molecule has 1 heterocycles. The van der Waals surface area contributed by atoms with Crippen molar-refractivity contribution in [2.24, 2.45) is 0 Å². The molecule has 3 aromatic rings. The molecule has 36 heavy (non-hydrogen) atoms. The van der Waals surface area contributed by atoms with Crippen molar-refractivity contribution in [3.8, 4) is 16.9 Å². The van der Waals surface area contributed by atoms with E-state index in [4.69, 9.17) is 4.74 Å². The molecule has 0 atom stereocenters. The molecule has 3 aromatic carbocycles. The standard InChI is InChI=1S/C29H33NO5S/c1-19-6-8-22(9-7-19)26-12-10-24(20(2)21(26)3)17-30(18-28(31)32)36(33,34)25-11-13-27-23(16-25)14-15-29(4,5)35-27/h6-13,16H,14-15,17-18H2,1-5H3,(H,31,32). The van der Waals surface area contributed by atoms with Gasteiger partial charge in [-0.25, -0.2) is 8.42 Å². The Morgan fingerprint density at radius 2 is 1.69 bits per heavy atom. The van der Waals surface area contributed by atoms with Crippen molar-refractivity contribution < 1.29 is 23.1 Å². The fourth-order valence-electron chi connectivity index (χ4n) is 4.61. The average molecular weight is 508 g/mol. The van der Waals surface area contributed by atoms with Gasteiger partial charge in [0.1, 0.15) is 17.9 Å². The number of rotatable bonds is 7. The average Bonchev–Trinajstić information content (AvgIpc) is 2.81. The zero-order valence-corrected chi connectivity index (χ0v) is 22.3. The molecule has 7 heteroatoms. The Hall–Kier alpha value is -3.16. The van der Waals surface area contributed by atoms with Gasteiger partial charge in [-0.15, -0.1) is 0 Å². The molecule has 0 amide bonds. The third-order valence-electron chi connectivity index (χ3n) is 6.97. The number of carboxylic acid groups (broad SMARTS) is 1. The lowest BCUT2D eigenvalue weighted by atomic mass is 9.93. The van der Waals surface area contributed by atoms with Crippen LogP contribution in [0.3, 0.4) is 0 Å². The molecule has 0 saturated carbocycles. The molecule has 1 aliphatic rings. The summed E-state index contributed by atoms with van der Waals surface area (Å²) in [5.74, 6) is -0.527. The number of carbonyl (C=O) groups is 1. The second-order valence-electron chi connectivity index (χ2n) is 10.2. The van der Waals surface area contributed by atoms with Gasteiger partial charge in [0, 0.05) is 6.54 Å². The lowest BCUT2D eigenvalue weighted by Crippen LogP contribution is -2.36. The van der Waals surface area contributed by atoms with E-state index in [9.17, 15) is 18.3 Å². The maximum atomic E-state index is 13.6. The third-order valence-corrected chi connectivity index (χ3v) is 8.76. The van der Waals surface area contributed by atoms with E-state index >= 15 is 0 Å². The van der Waals surface area contributed by atoms with Gasteiger partial charge in [-0.1, -0.05) is 42.0 Å². The summed E-state index contributed by atoms with van der Waals surface area (Å²) in [6.45, 7) is 9.35. The second-order valence-corrected chi connectivity index (χ2v) is 12.1. The minimum atomic E-state index is -4.06. The Morgan fingerprint density at radius 1 is 1.00 bits per heavy atom. The summed E-state index contributed by atoms with van der Waals surface area (Å²) in [5.41, 5.74) is 6.61. The number of hydrogen-bond acceptors (Lipinski definition) is 4. The molecular weight excluding hydrogens is 474 g/mol. The van der Waals surface area contributed by atoms with Gasteiger partial charge in [-0.2, -0.15) is 4.31 Å². The zero-order valence-electron chi connectivity index (χ0n) is 21.5. The fraction of sp³-hybridized carbons (Fsp3) is 0.345. The molecule has 6 nitrogen and oxygen atoms in total. The van der Waals surface area contributed by atoms with Crippen LogP contribution in [0.4, 0.5) is 0 Å². The Kier molecular flexibility index (Phi) is 6.99. The number of benzene rings is 3. The van der Waals surface area contributed by atoms with Crippen LogP contribution in [0, 0.1) is 20.8 Å². The molecule has 4 rings (SSSR count). The van der Waals surface area contributed by atoms with E-state index in [0.29, 0.717) is 12.2 Å². The van der Waals surface area contributed by atoms with Crippen LogP contribution < -0.4 is 4.74 Å². The molecule has 0 spiro atoms.